The Morgan fingerprint density at radius 3 is 2.50 bits per heavy atom. The predicted molar refractivity (Wildman–Crippen MR) is 71.0 cm³/mol. The molecule has 0 atom stereocenters. The van der Waals surface area contributed by atoms with E-state index in [9.17, 15) is 0 Å². The summed E-state index contributed by atoms with van der Waals surface area (Å²) in [5, 5.41) is 8.67. The molecule has 0 bridgehead atoms. The number of rotatable bonds is 6. The quantitative estimate of drug-likeness (QED) is 0.725. The first-order valence-corrected chi connectivity index (χ1v) is 7.91. The third kappa shape index (κ3) is 3.38. The average molecular weight is 243 g/mol. The maximum Gasteiger partial charge on any atom is 0.0438 e. The Morgan fingerprint density at radius 2 is 1.81 bits per heavy atom. The lowest BCUT2D eigenvalue weighted by Crippen LogP contribution is -2.57. The van der Waals surface area contributed by atoms with Crippen molar-refractivity contribution in [1.82, 2.24) is 4.90 Å². The van der Waals surface area contributed by atoms with E-state index in [-0.39, 0.29) is 0 Å². The van der Waals surface area contributed by atoms with Crippen molar-refractivity contribution in [2.45, 2.75) is 38.5 Å². The van der Waals surface area contributed by atoms with Gasteiger partial charge in [0.15, 0.2) is 0 Å². The van der Waals surface area contributed by atoms with Gasteiger partial charge >= 0.3 is 0 Å². The predicted octanol–water partition coefficient (Wildman–Crippen LogP) is 2.37. The second-order valence-electron chi connectivity index (χ2n) is 5.46. The van der Waals surface area contributed by atoms with Gasteiger partial charge in [-0.25, -0.2) is 0 Å². The van der Waals surface area contributed by atoms with E-state index in [2.05, 4.69) is 4.90 Å². The fourth-order valence-corrected chi connectivity index (χ4v) is 4.07. The summed E-state index contributed by atoms with van der Waals surface area (Å²) in [7, 11) is 0. The molecular weight excluding hydrogens is 218 g/mol. The maximum absolute atomic E-state index is 8.67. The van der Waals surface area contributed by atoms with Gasteiger partial charge < -0.3 is 10.0 Å². The molecule has 2 nitrogen and oxygen atoms in total. The summed E-state index contributed by atoms with van der Waals surface area (Å²) in [6, 6.07) is 0. The molecule has 1 aliphatic carbocycles. The highest BCUT2D eigenvalue weighted by Gasteiger charge is 2.42. The molecule has 1 heterocycles. The average Bonchev–Trinajstić information content (AvgIpc) is 2.28. The Morgan fingerprint density at radius 1 is 1.06 bits per heavy atom. The number of nitrogens with zero attached hydrogens (tertiary/aromatic N) is 1. The highest BCUT2D eigenvalue weighted by molar-refractivity contribution is 7.99. The van der Waals surface area contributed by atoms with Crippen LogP contribution in [-0.4, -0.2) is 47.8 Å². The van der Waals surface area contributed by atoms with Crippen molar-refractivity contribution in [2.24, 2.45) is 5.41 Å². The van der Waals surface area contributed by atoms with Gasteiger partial charge in [0.2, 0.25) is 0 Å². The third-order valence-electron chi connectivity index (χ3n) is 4.03. The molecule has 1 saturated carbocycles. The number of thioether (sulfide) groups is 1. The van der Waals surface area contributed by atoms with Crippen LogP contribution >= 0.6 is 11.8 Å². The summed E-state index contributed by atoms with van der Waals surface area (Å²) >= 11 is 1.99. The fourth-order valence-electron chi connectivity index (χ4n) is 3.14. The van der Waals surface area contributed by atoms with Crippen molar-refractivity contribution in [1.29, 1.82) is 0 Å². The Hall–Kier alpha value is 0.270. The van der Waals surface area contributed by atoms with Crippen LogP contribution in [0.1, 0.15) is 38.5 Å². The zero-order valence-electron chi connectivity index (χ0n) is 10.3. The Labute approximate surface area is 104 Å². The van der Waals surface area contributed by atoms with Crippen LogP contribution in [0, 0.1) is 5.41 Å². The molecule has 3 heteroatoms. The van der Waals surface area contributed by atoms with Crippen LogP contribution in [-0.2, 0) is 0 Å². The van der Waals surface area contributed by atoms with E-state index in [1.165, 1.54) is 57.5 Å². The summed E-state index contributed by atoms with van der Waals surface area (Å²) < 4.78 is 0. The van der Waals surface area contributed by atoms with E-state index in [1.54, 1.807) is 0 Å². The molecule has 1 N–H and O–H groups in total. The van der Waals surface area contributed by atoms with Crippen LogP contribution in [0.2, 0.25) is 0 Å². The molecule has 1 aliphatic heterocycles. The highest BCUT2D eigenvalue weighted by atomic mass is 32.2. The summed E-state index contributed by atoms with van der Waals surface area (Å²) in [4.78, 5) is 2.62. The normalized spacial score (nSPS) is 24.6. The summed E-state index contributed by atoms with van der Waals surface area (Å²) in [6.07, 6.45) is 8.34. The molecule has 2 fully saturated rings. The second kappa shape index (κ2) is 6.27. The number of hydrogen-bond donors (Lipinski definition) is 1. The van der Waals surface area contributed by atoms with Gasteiger partial charge in [-0.05, 0) is 30.4 Å². The Bertz CT molecular complexity index is 196. The second-order valence-corrected chi connectivity index (χ2v) is 6.69. The van der Waals surface area contributed by atoms with Crippen LogP contribution in [0.25, 0.3) is 0 Å². The fraction of sp³-hybridized carbons (Fsp3) is 1.00. The smallest absolute Gasteiger partial charge is 0.0438 e. The number of hydrogen-bond acceptors (Lipinski definition) is 3. The van der Waals surface area contributed by atoms with Crippen molar-refractivity contribution >= 4 is 11.8 Å². The van der Waals surface area contributed by atoms with Crippen molar-refractivity contribution in [3.63, 3.8) is 0 Å². The Balaban J connectivity index is 1.51. The molecule has 2 aliphatic rings. The molecule has 16 heavy (non-hydrogen) atoms. The van der Waals surface area contributed by atoms with E-state index in [0.717, 1.165) is 17.6 Å². The first-order chi connectivity index (χ1) is 7.85. The van der Waals surface area contributed by atoms with Gasteiger partial charge in [0.05, 0.1) is 0 Å². The van der Waals surface area contributed by atoms with E-state index in [4.69, 9.17) is 5.11 Å². The zero-order valence-corrected chi connectivity index (χ0v) is 11.1. The zero-order chi connectivity index (χ0) is 11.3. The third-order valence-corrected chi connectivity index (χ3v) is 5.08. The lowest BCUT2D eigenvalue weighted by molar-refractivity contribution is -0.0233. The van der Waals surface area contributed by atoms with Crippen molar-refractivity contribution in [2.75, 3.05) is 37.7 Å². The molecule has 0 aromatic carbocycles. The number of likely N-dealkylation sites (tertiary alicyclic amines) is 1. The van der Waals surface area contributed by atoms with Crippen LogP contribution in [0.5, 0.6) is 0 Å². The molecule has 1 saturated heterocycles. The minimum Gasteiger partial charge on any atom is -0.396 e. The van der Waals surface area contributed by atoms with E-state index < -0.39 is 0 Å². The molecule has 2 rings (SSSR count). The van der Waals surface area contributed by atoms with E-state index in [0.29, 0.717) is 6.61 Å². The van der Waals surface area contributed by atoms with Gasteiger partial charge in [-0.2, -0.15) is 11.8 Å². The molecule has 1 spiro atoms. The molecule has 0 unspecified atom stereocenters. The standard InChI is InChI=1S/C13H25NOS/c15-8-4-9-16-10-7-14-11-13(12-14)5-2-1-3-6-13/h15H,1-12H2. The van der Waals surface area contributed by atoms with Crippen LogP contribution in [0.4, 0.5) is 0 Å². The van der Waals surface area contributed by atoms with Crippen molar-refractivity contribution in [3.05, 3.63) is 0 Å². The Kier molecular flexibility index (Phi) is 4.98. The highest BCUT2D eigenvalue weighted by Crippen LogP contribution is 2.43. The molecule has 0 radical (unpaired) electrons. The largest absolute Gasteiger partial charge is 0.396 e. The van der Waals surface area contributed by atoms with Gasteiger partial charge in [0.1, 0.15) is 0 Å². The summed E-state index contributed by atoms with van der Waals surface area (Å²) in [5.41, 5.74) is 0.744. The topological polar surface area (TPSA) is 23.5 Å². The van der Waals surface area contributed by atoms with Crippen molar-refractivity contribution in [3.8, 4) is 0 Å². The molecular formula is C13H25NOS. The van der Waals surface area contributed by atoms with Crippen LogP contribution in [0.15, 0.2) is 0 Å². The monoisotopic (exact) mass is 243 g/mol. The molecule has 0 aromatic heterocycles. The number of aliphatic hydroxyl groups excluding tert-OH is 1. The van der Waals surface area contributed by atoms with Gasteiger partial charge in [-0.1, -0.05) is 19.3 Å². The first-order valence-electron chi connectivity index (χ1n) is 6.76. The van der Waals surface area contributed by atoms with Crippen LogP contribution < -0.4 is 0 Å². The van der Waals surface area contributed by atoms with Crippen LogP contribution in [0.3, 0.4) is 0 Å². The van der Waals surface area contributed by atoms with Crippen molar-refractivity contribution < 1.29 is 5.11 Å². The number of aliphatic hydroxyl groups is 1. The van der Waals surface area contributed by atoms with Gasteiger partial charge in [0.25, 0.3) is 0 Å². The summed E-state index contributed by atoms with van der Waals surface area (Å²) in [5.74, 6) is 2.37. The first kappa shape index (κ1) is 12.7. The van der Waals surface area contributed by atoms with Gasteiger partial charge in [0, 0.05) is 32.0 Å². The van der Waals surface area contributed by atoms with E-state index in [1.807, 2.05) is 11.8 Å². The lowest BCUT2D eigenvalue weighted by Gasteiger charge is -2.52. The van der Waals surface area contributed by atoms with Gasteiger partial charge in [-0.15, -0.1) is 0 Å². The molecule has 0 amide bonds. The minimum atomic E-state index is 0.347. The lowest BCUT2D eigenvalue weighted by atomic mass is 9.69. The van der Waals surface area contributed by atoms with Gasteiger partial charge in [-0.3, -0.25) is 0 Å². The molecule has 94 valence electrons. The minimum absolute atomic E-state index is 0.347. The SMILES string of the molecule is OCCCSCCN1CC2(CCCCC2)C1. The molecule has 0 aromatic rings. The summed E-state index contributed by atoms with van der Waals surface area (Å²) in [6.45, 7) is 4.35. The maximum atomic E-state index is 8.67. The van der Waals surface area contributed by atoms with E-state index >= 15 is 0 Å².